The van der Waals surface area contributed by atoms with Crippen molar-refractivity contribution in [1.82, 2.24) is 9.88 Å². The average molecular weight is 549 g/mol. The first kappa shape index (κ1) is 28.5. The lowest BCUT2D eigenvalue weighted by Crippen LogP contribution is -2.39. The van der Waals surface area contributed by atoms with Gasteiger partial charge in [0.1, 0.15) is 5.82 Å². The van der Waals surface area contributed by atoms with Crippen LogP contribution in [-0.4, -0.2) is 56.1 Å². The summed E-state index contributed by atoms with van der Waals surface area (Å²) in [7, 11) is -3.72. The van der Waals surface area contributed by atoms with Crippen LogP contribution in [0.4, 0.5) is 9.52 Å². The van der Waals surface area contributed by atoms with E-state index in [1.54, 1.807) is 4.90 Å². The fraction of sp³-hybridized carbons (Fsp3) is 0.391. The van der Waals surface area contributed by atoms with Gasteiger partial charge in [-0.25, -0.2) is 17.8 Å². The molecule has 0 aliphatic carbocycles. The second-order valence-electron chi connectivity index (χ2n) is 7.66. The molecule has 0 aliphatic rings. The Labute approximate surface area is 215 Å². The summed E-state index contributed by atoms with van der Waals surface area (Å²) >= 11 is 7.55. The van der Waals surface area contributed by atoms with Crippen LogP contribution in [0.1, 0.15) is 25.8 Å². The number of thiazole rings is 1. The Kier molecular flexibility index (Phi) is 10.3. The molecule has 0 aliphatic heterocycles. The summed E-state index contributed by atoms with van der Waals surface area (Å²) in [4.78, 5) is 21.6. The van der Waals surface area contributed by atoms with Crippen molar-refractivity contribution in [3.8, 4) is 0 Å². The molecule has 186 valence electrons. The molecule has 1 aromatic heterocycles. The Morgan fingerprint density at radius 2 is 1.76 bits per heavy atom. The Morgan fingerprint density at radius 1 is 1.12 bits per heavy atom. The van der Waals surface area contributed by atoms with Gasteiger partial charge < -0.3 is 4.90 Å². The second-order valence-corrected chi connectivity index (χ2v) is 11.2. The van der Waals surface area contributed by atoms with E-state index in [0.29, 0.717) is 23.2 Å². The number of hydrogen-bond acceptors (Lipinski definition) is 6. The molecule has 11 heteroatoms. The number of fused-ring (bicyclic) bond motifs is 1. The van der Waals surface area contributed by atoms with Crippen molar-refractivity contribution < 1.29 is 17.6 Å². The molecule has 1 amide bonds. The van der Waals surface area contributed by atoms with Crippen molar-refractivity contribution >= 4 is 66.4 Å². The summed E-state index contributed by atoms with van der Waals surface area (Å²) in [6.45, 7) is 8.72. The van der Waals surface area contributed by atoms with Crippen LogP contribution in [0.2, 0.25) is 5.02 Å². The van der Waals surface area contributed by atoms with Crippen LogP contribution in [0.25, 0.3) is 10.2 Å². The standard InChI is InChI=1S/C23H27ClFN3O3S2.ClH/c1-4-27(5-2)11-12-28(23-26-22-16(3)14-17(24)15-20(22)32-23)21(29)10-13-33(30,31)19-8-6-18(25)7-9-19;/h6-9,14-15H,4-5,10-13H2,1-3H3;1H. The van der Waals surface area contributed by atoms with E-state index in [0.717, 1.165) is 41.0 Å². The maximum Gasteiger partial charge on any atom is 0.229 e. The number of likely N-dealkylation sites (N-methyl/N-ethyl adjacent to an activating group) is 1. The molecule has 0 spiro atoms. The maximum atomic E-state index is 13.2. The number of benzene rings is 2. The molecule has 0 fully saturated rings. The summed E-state index contributed by atoms with van der Waals surface area (Å²) in [6.07, 6.45) is -0.201. The van der Waals surface area contributed by atoms with Crippen molar-refractivity contribution in [2.75, 3.05) is 36.8 Å². The van der Waals surface area contributed by atoms with Crippen LogP contribution in [-0.2, 0) is 14.6 Å². The van der Waals surface area contributed by atoms with Crippen molar-refractivity contribution in [2.45, 2.75) is 32.1 Å². The number of carbonyl (C=O) groups excluding carboxylic acids is 1. The largest absolute Gasteiger partial charge is 0.302 e. The molecule has 0 saturated carbocycles. The van der Waals surface area contributed by atoms with Gasteiger partial charge in [-0.3, -0.25) is 9.69 Å². The highest BCUT2D eigenvalue weighted by Gasteiger charge is 2.24. The topological polar surface area (TPSA) is 70.6 Å². The highest BCUT2D eigenvalue weighted by Crippen LogP contribution is 2.33. The quantitative estimate of drug-likeness (QED) is 0.319. The minimum Gasteiger partial charge on any atom is -0.302 e. The van der Waals surface area contributed by atoms with Gasteiger partial charge in [-0.2, -0.15) is 0 Å². The molecule has 0 unspecified atom stereocenters. The van der Waals surface area contributed by atoms with E-state index >= 15 is 0 Å². The summed E-state index contributed by atoms with van der Waals surface area (Å²) < 4.78 is 39.3. The van der Waals surface area contributed by atoms with Crippen LogP contribution in [0.3, 0.4) is 0 Å². The SMILES string of the molecule is CCN(CC)CCN(C(=O)CCS(=O)(=O)c1ccc(F)cc1)c1nc2c(C)cc(Cl)cc2s1.Cl. The maximum absolute atomic E-state index is 13.2. The van der Waals surface area contributed by atoms with E-state index in [1.807, 2.05) is 32.9 Å². The van der Waals surface area contributed by atoms with Gasteiger partial charge in [0.05, 0.1) is 20.9 Å². The third kappa shape index (κ3) is 6.88. The Hall–Kier alpha value is -1.78. The molecule has 34 heavy (non-hydrogen) atoms. The molecular formula is C23H28Cl2FN3O3S2. The first-order chi connectivity index (χ1) is 15.6. The van der Waals surface area contributed by atoms with E-state index in [2.05, 4.69) is 9.88 Å². The molecule has 0 saturated heterocycles. The second kappa shape index (κ2) is 12.3. The van der Waals surface area contributed by atoms with Gasteiger partial charge >= 0.3 is 0 Å². The normalized spacial score (nSPS) is 11.6. The van der Waals surface area contributed by atoms with E-state index in [1.165, 1.54) is 23.5 Å². The molecule has 0 radical (unpaired) electrons. The Morgan fingerprint density at radius 3 is 2.38 bits per heavy atom. The summed E-state index contributed by atoms with van der Waals surface area (Å²) in [5.41, 5.74) is 1.69. The van der Waals surface area contributed by atoms with Crippen molar-refractivity contribution in [1.29, 1.82) is 0 Å². The smallest absolute Gasteiger partial charge is 0.229 e. The monoisotopic (exact) mass is 547 g/mol. The third-order valence-corrected chi connectivity index (χ3v) is 8.44. The van der Waals surface area contributed by atoms with Gasteiger partial charge in [0.25, 0.3) is 0 Å². The molecule has 0 atom stereocenters. The zero-order valence-corrected chi connectivity index (χ0v) is 22.5. The van der Waals surface area contributed by atoms with Gasteiger partial charge in [0.2, 0.25) is 5.91 Å². The summed E-state index contributed by atoms with van der Waals surface area (Å²) in [5, 5.41) is 1.12. The van der Waals surface area contributed by atoms with E-state index in [4.69, 9.17) is 11.6 Å². The van der Waals surface area contributed by atoms with Crippen molar-refractivity contribution in [2.24, 2.45) is 0 Å². The van der Waals surface area contributed by atoms with E-state index in [9.17, 15) is 17.6 Å². The number of hydrogen-bond donors (Lipinski definition) is 0. The summed E-state index contributed by atoms with van der Waals surface area (Å²) in [6, 6.07) is 8.27. The molecular weight excluding hydrogens is 520 g/mol. The first-order valence-corrected chi connectivity index (χ1v) is 13.6. The molecule has 3 aromatic rings. The number of rotatable bonds is 10. The van der Waals surface area contributed by atoms with E-state index < -0.39 is 15.7 Å². The minimum absolute atomic E-state index is 0. The van der Waals surface area contributed by atoms with Gasteiger partial charge in [-0.1, -0.05) is 36.8 Å². The van der Waals surface area contributed by atoms with Crippen LogP contribution < -0.4 is 4.90 Å². The van der Waals surface area contributed by atoms with Crippen molar-refractivity contribution in [3.63, 3.8) is 0 Å². The van der Waals surface area contributed by atoms with Gasteiger partial charge in [0.15, 0.2) is 15.0 Å². The highest BCUT2D eigenvalue weighted by molar-refractivity contribution is 7.91. The Bertz CT molecular complexity index is 1230. The number of nitrogens with zero attached hydrogens (tertiary/aromatic N) is 3. The number of aromatic nitrogens is 1. The summed E-state index contributed by atoms with van der Waals surface area (Å²) in [5.74, 6) is -1.20. The number of aryl methyl sites for hydroxylation is 1. The molecule has 0 N–H and O–H groups in total. The van der Waals surface area contributed by atoms with Crippen LogP contribution in [0, 0.1) is 12.7 Å². The lowest BCUT2D eigenvalue weighted by Gasteiger charge is -2.24. The molecule has 2 aromatic carbocycles. The lowest BCUT2D eigenvalue weighted by molar-refractivity contribution is -0.118. The van der Waals surface area contributed by atoms with E-state index in [-0.39, 0.29) is 35.4 Å². The zero-order chi connectivity index (χ0) is 24.2. The van der Waals surface area contributed by atoms with Crippen LogP contribution >= 0.6 is 35.3 Å². The molecule has 1 heterocycles. The van der Waals surface area contributed by atoms with Crippen LogP contribution in [0.5, 0.6) is 0 Å². The number of sulfone groups is 1. The Balaban J connectivity index is 0.00000408. The number of halogens is 3. The lowest BCUT2D eigenvalue weighted by atomic mass is 10.2. The number of carbonyl (C=O) groups is 1. The minimum atomic E-state index is -3.72. The zero-order valence-electron chi connectivity index (χ0n) is 19.3. The third-order valence-electron chi connectivity index (χ3n) is 5.46. The predicted molar refractivity (Wildman–Crippen MR) is 140 cm³/mol. The molecule has 6 nitrogen and oxygen atoms in total. The van der Waals surface area contributed by atoms with Gasteiger partial charge in [0, 0.05) is 24.5 Å². The predicted octanol–water partition coefficient (Wildman–Crippen LogP) is 5.36. The highest BCUT2D eigenvalue weighted by atomic mass is 35.5. The average Bonchev–Trinajstić information content (AvgIpc) is 3.19. The fourth-order valence-electron chi connectivity index (χ4n) is 3.48. The number of anilines is 1. The van der Waals surface area contributed by atoms with Gasteiger partial charge in [-0.15, -0.1) is 12.4 Å². The molecule has 0 bridgehead atoms. The van der Waals surface area contributed by atoms with Crippen molar-refractivity contribution in [3.05, 3.63) is 52.8 Å². The van der Waals surface area contributed by atoms with Crippen LogP contribution in [0.15, 0.2) is 41.3 Å². The first-order valence-electron chi connectivity index (χ1n) is 10.7. The fourth-order valence-corrected chi connectivity index (χ4v) is 6.18. The molecule has 3 rings (SSSR count). The van der Waals surface area contributed by atoms with Gasteiger partial charge in [-0.05, 0) is 62.0 Å². The number of amides is 1.